The molecule has 0 unspecified atom stereocenters. The standard InChI is InChI=1S/C12H17NO2/c1-14-6-7-15-12-3-2-11-9-13-5-4-10(11)8-12/h2-3,8,13H,4-7,9H2,1H3. The van der Waals surface area contributed by atoms with E-state index in [0.717, 1.165) is 25.3 Å². The zero-order valence-electron chi connectivity index (χ0n) is 9.08. The number of fused-ring (bicyclic) bond motifs is 1. The minimum Gasteiger partial charge on any atom is -0.491 e. The van der Waals surface area contributed by atoms with Crippen molar-refractivity contribution in [3.05, 3.63) is 29.3 Å². The van der Waals surface area contributed by atoms with E-state index in [4.69, 9.17) is 9.47 Å². The van der Waals surface area contributed by atoms with E-state index in [9.17, 15) is 0 Å². The number of benzene rings is 1. The Bertz CT molecular complexity index is 325. The average molecular weight is 207 g/mol. The molecule has 1 aliphatic rings. The topological polar surface area (TPSA) is 30.5 Å². The third-order valence-electron chi connectivity index (χ3n) is 2.62. The van der Waals surface area contributed by atoms with Crippen molar-refractivity contribution in [1.82, 2.24) is 5.32 Å². The lowest BCUT2D eigenvalue weighted by Gasteiger charge is -2.17. The predicted octanol–water partition coefficient (Wildman–Crippen LogP) is 1.36. The predicted molar refractivity (Wildman–Crippen MR) is 59.2 cm³/mol. The highest BCUT2D eigenvalue weighted by Gasteiger charge is 2.08. The molecule has 0 atom stereocenters. The van der Waals surface area contributed by atoms with Gasteiger partial charge in [0.05, 0.1) is 6.61 Å². The molecule has 0 aliphatic carbocycles. The van der Waals surface area contributed by atoms with Crippen LogP contribution in [-0.2, 0) is 17.7 Å². The van der Waals surface area contributed by atoms with Gasteiger partial charge in [-0.15, -0.1) is 0 Å². The first-order chi connectivity index (χ1) is 7.40. The van der Waals surface area contributed by atoms with Gasteiger partial charge in [0.25, 0.3) is 0 Å². The highest BCUT2D eigenvalue weighted by molar-refractivity contribution is 5.37. The summed E-state index contributed by atoms with van der Waals surface area (Å²) in [6.07, 6.45) is 1.09. The quantitative estimate of drug-likeness (QED) is 0.756. The van der Waals surface area contributed by atoms with Crippen LogP contribution in [0.2, 0.25) is 0 Å². The van der Waals surface area contributed by atoms with Crippen molar-refractivity contribution in [2.45, 2.75) is 13.0 Å². The highest BCUT2D eigenvalue weighted by Crippen LogP contribution is 2.20. The first-order valence-electron chi connectivity index (χ1n) is 5.34. The fraction of sp³-hybridized carbons (Fsp3) is 0.500. The fourth-order valence-corrected chi connectivity index (χ4v) is 1.79. The van der Waals surface area contributed by atoms with E-state index in [1.54, 1.807) is 7.11 Å². The van der Waals surface area contributed by atoms with Gasteiger partial charge in [-0.1, -0.05) is 6.07 Å². The smallest absolute Gasteiger partial charge is 0.119 e. The number of nitrogens with one attached hydrogen (secondary N) is 1. The van der Waals surface area contributed by atoms with E-state index < -0.39 is 0 Å². The normalized spacial score (nSPS) is 14.7. The third-order valence-corrected chi connectivity index (χ3v) is 2.62. The van der Waals surface area contributed by atoms with Gasteiger partial charge >= 0.3 is 0 Å². The Kier molecular flexibility index (Phi) is 3.59. The fourth-order valence-electron chi connectivity index (χ4n) is 1.79. The van der Waals surface area contributed by atoms with Crippen molar-refractivity contribution in [2.24, 2.45) is 0 Å². The van der Waals surface area contributed by atoms with E-state index in [0.29, 0.717) is 13.2 Å². The van der Waals surface area contributed by atoms with Gasteiger partial charge in [-0.3, -0.25) is 0 Å². The summed E-state index contributed by atoms with van der Waals surface area (Å²) in [5, 5.41) is 3.35. The van der Waals surface area contributed by atoms with Crippen LogP contribution in [0.3, 0.4) is 0 Å². The summed E-state index contributed by atoms with van der Waals surface area (Å²) in [5.41, 5.74) is 2.80. The Morgan fingerprint density at radius 2 is 2.20 bits per heavy atom. The second kappa shape index (κ2) is 5.14. The number of methoxy groups -OCH3 is 1. The Hall–Kier alpha value is -1.06. The molecule has 0 saturated heterocycles. The number of rotatable bonds is 4. The molecule has 0 radical (unpaired) electrons. The van der Waals surface area contributed by atoms with Gasteiger partial charge < -0.3 is 14.8 Å². The van der Waals surface area contributed by atoms with Crippen LogP contribution in [0.15, 0.2) is 18.2 Å². The number of ether oxygens (including phenoxy) is 2. The lowest BCUT2D eigenvalue weighted by atomic mass is 10.0. The van der Waals surface area contributed by atoms with Crippen molar-refractivity contribution < 1.29 is 9.47 Å². The van der Waals surface area contributed by atoms with E-state index in [-0.39, 0.29) is 0 Å². The van der Waals surface area contributed by atoms with Crippen molar-refractivity contribution in [3.63, 3.8) is 0 Å². The van der Waals surface area contributed by atoms with E-state index >= 15 is 0 Å². The lowest BCUT2D eigenvalue weighted by molar-refractivity contribution is 0.146. The summed E-state index contributed by atoms with van der Waals surface area (Å²) in [5.74, 6) is 0.952. The Balaban J connectivity index is 2.00. The Morgan fingerprint density at radius 3 is 3.07 bits per heavy atom. The Labute approximate surface area is 90.4 Å². The van der Waals surface area contributed by atoms with Crippen LogP contribution in [0.4, 0.5) is 0 Å². The molecule has 0 amide bonds. The van der Waals surface area contributed by atoms with Crippen molar-refractivity contribution in [1.29, 1.82) is 0 Å². The van der Waals surface area contributed by atoms with Gasteiger partial charge in [-0.2, -0.15) is 0 Å². The summed E-state index contributed by atoms with van der Waals surface area (Å²) in [6, 6.07) is 6.32. The molecule has 82 valence electrons. The van der Waals surface area contributed by atoms with Gasteiger partial charge in [0.1, 0.15) is 12.4 Å². The summed E-state index contributed by atoms with van der Waals surface area (Å²) in [7, 11) is 1.68. The third kappa shape index (κ3) is 2.70. The van der Waals surface area contributed by atoms with E-state index in [1.165, 1.54) is 11.1 Å². The molecule has 0 aromatic heterocycles. The molecule has 0 saturated carbocycles. The van der Waals surface area contributed by atoms with Crippen LogP contribution in [0, 0.1) is 0 Å². The molecule has 15 heavy (non-hydrogen) atoms. The first-order valence-corrected chi connectivity index (χ1v) is 5.34. The summed E-state index contributed by atoms with van der Waals surface area (Å²) in [4.78, 5) is 0. The summed E-state index contributed by atoms with van der Waals surface area (Å²) in [6.45, 7) is 3.30. The lowest BCUT2D eigenvalue weighted by Crippen LogP contribution is -2.23. The van der Waals surface area contributed by atoms with E-state index in [2.05, 4.69) is 17.4 Å². The van der Waals surface area contributed by atoms with Gasteiger partial charge in [-0.25, -0.2) is 0 Å². The maximum Gasteiger partial charge on any atom is 0.119 e. The minimum atomic E-state index is 0.619. The first kappa shape index (κ1) is 10.5. The van der Waals surface area contributed by atoms with Crippen LogP contribution in [-0.4, -0.2) is 26.9 Å². The van der Waals surface area contributed by atoms with Crippen LogP contribution in [0.25, 0.3) is 0 Å². The molecule has 1 heterocycles. The molecule has 1 aliphatic heterocycles. The molecule has 1 N–H and O–H groups in total. The van der Waals surface area contributed by atoms with Crippen molar-refractivity contribution in [3.8, 4) is 5.75 Å². The van der Waals surface area contributed by atoms with Crippen molar-refractivity contribution in [2.75, 3.05) is 26.9 Å². The second-order valence-electron chi connectivity index (χ2n) is 3.70. The second-order valence-corrected chi connectivity index (χ2v) is 3.70. The van der Waals surface area contributed by atoms with Crippen molar-refractivity contribution >= 4 is 0 Å². The highest BCUT2D eigenvalue weighted by atomic mass is 16.5. The zero-order valence-corrected chi connectivity index (χ0v) is 9.08. The number of hydrogen-bond donors (Lipinski definition) is 1. The molecule has 2 rings (SSSR count). The molecule has 1 aromatic rings. The summed E-state index contributed by atoms with van der Waals surface area (Å²) < 4.78 is 10.5. The Morgan fingerprint density at radius 1 is 1.27 bits per heavy atom. The maximum absolute atomic E-state index is 5.57. The summed E-state index contributed by atoms with van der Waals surface area (Å²) >= 11 is 0. The van der Waals surface area contributed by atoms with E-state index in [1.807, 2.05) is 6.07 Å². The molecule has 0 spiro atoms. The van der Waals surface area contributed by atoms with Gasteiger partial charge in [0, 0.05) is 13.7 Å². The molecule has 1 aromatic carbocycles. The van der Waals surface area contributed by atoms with Gasteiger partial charge in [0.15, 0.2) is 0 Å². The van der Waals surface area contributed by atoms with Crippen LogP contribution >= 0.6 is 0 Å². The SMILES string of the molecule is COCCOc1ccc2c(c1)CCNC2. The minimum absolute atomic E-state index is 0.619. The maximum atomic E-state index is 5.57. The zero-order chi connectivity index (χ0) is 10.5. The average Bonchev–Trinajstić information content (AvgIpc) is 2.29. The molecule has 0 bridgehead atoms. The van der Waals surface area contributed by atoms with Gasteiger partial charge in [-0.05, 0) is 36.2 Å². The molecular formula is C12H17NO2. The monoisotopic (exact) mass is 207 g/mol. The molecule has 3 nitrogen and oxygen atoms in total. The van der Waals surface area contributed by atoms with Gasteiger partial charge in [0.2, 0.25) is 0 Å². The molecular weight excluding hydrogens is 190 g/mol. The largest absolute Gasteiger partial charge is 0.491 e. The van der Waals surface area contributed by atoms with Crippen LogP contribution < -0.4 is 10.1 Å². The van der Waals surface area contributed by atoms with Crippen LogP contribution in [0.1, 0.15) is 11.1 Å². The number of hydrogen-bond acceptors (Lipinski definition) is 3. The molecule has 3 heteroatoms. The van der Waals surface area contributed by atoms with Crippen LogP contribution in [0.5, 0.6) is 5.75 Å². The molecule has 0 fully saturated rings.